The molecule has 1 saturated carbocycles. The lowest BCUT2D eigenvalue weighted by atomic mass is 9.91. The Hall–Kier alpha value is -1.96. The summed E-state index contributed by atoms with van der Waals surface area (Å²) < 4.78 is 1.24. The molecule has 2 fully saturated rings. The maximum absolute atomic E-state index is 12.9. The molecule has 166 valence electrons. The van der Waals surface area contributed by atoms with Crippen LogP contribution in [-0.4, -0.2) is 90.8 Å². The van der Waals surface area contributed by atoms with Crippen molar-refractivity contribution in [2.24, 2.45) is 0 Å². The average molecular weight is 441 g/mol. The average Bonchev–Trinajstić information content (AvgIpc) is 3.09. The second kappa shape index (κ2) is 8.52. The van der Waals surface area contributed by atoms with Crippen LogP contribution in [0.4, 0.5) is 0 Å². The van der Waals surface area contributed by atoms with E-state index in [-0.39, 0.29) is 11.8 Å². The van der Waals surface area contributed by atoms with E-state index in [4.69, 9.17) is 0 Å². The van der Waals surface area contributed by atoms with Gasteiger partial charge >= 0.3 is 0 Å². The third-order valence-corrected chi connectivity index (χ3v) is 8.39. The maximum atomic E-state index is 12.9. The van der Waals surface area contributed by atoms with E-state index in [1.54, 1.807) is 19.0 Å². The van der Waals surface area contributed by atoms with Gasteiger partial charge in [0.15, 0.2) is 0 Å². The smallest absolute Gasteiger partial charge is 0.253 e. The molecule has 31 heavy (non-hydrogen) atoms. The number of fused-ring (bicyclic) bond motifs is 3. The van der Waals surface area contributed by atoms with E-state index in [0.29, 0.717) is 6.54 Å². The number of nitrogens with zero attached hydrogens (tertiary/aromatic N) is 4. The lowest BCUT2D eigenvalue weighted by molar-refractivity contribution is -0.135. The molecule has 0 unspecified atom stereocenters. The topological polar surface area (TPSA) is 47.1 Å². The fourth-order valence-electron chi connectivity index (χ4n) is 5.06. The number of piperazine rings is 1. The Bertz CT molecular complexity index is 989. The summed E-state index contributed by atoms with van der Waals surface area (Å²) in [6.07, 6.45) is 4.98. The quantitative estimate of drug-likeness (QED) is 0.733. The molecule has 5 rings (SSSR count). The summed E-state index contributed by atoms with van der Waals surface area (Å²) in [5.41, 5.74) is 2.11. The van der Waals surface area contributed by atoms with Crippen molar-refractivity contribution in [3.8, 4) is 0 Å². The molecule has 1 aromatic carbocycles. The van der Waals surface area contributed by atoms with Crippen molar-refractivity contribution in [2.75, 3.05) is 53.4 Å². The van der Waals surface area contributed by atoms with Crippen LogP contribution in [0.5, 0.6) is 0 Å². The molecule has 2 amide bonds. The number of carbonyl (C=O) groups excluding carboxylic acids is 2. The second-order valence-corrected chi connectivity index (χ2v) is 10.5. The van der Waals surface area contributed by atoms with E-state index in [0.717, 1.165) is 57.3 Å². The van der Waals surface area contributed by atoms with Crippen molar-refractivity contribution in [2.45, 2.75) is 38.3 Å². The largest absolute Gasteiger partial charge is 0.345 e. The van der Waals surface area contributed by atoms with Gasteiger partial charge < -0.3 is 9.80 Å². The number of benzene rings is 1. The fourth-order valence-corrected chi connectivity index (χ4v) is 6.33. The minimum atomic E-state index is 0.0438. The SMILES string of the molecule is CN(C)C(=O)c1ccc2sc3c(c2c1)CCN(CC(=O)N1CCN(C2CCC2)CC1)C3. The molecule has 2 aromatic rings. The third kappa shape index (κ3) is 4.11. The standard InChI is InChI=1S/C24H32N4O2S/c1-25(2)24(30)17-6-7-21-20(14-17)19-8-9-26(15-22(19)31-21)16-23(29)28-12-10-27(11-13-28)18-4-3-5-18/h6-7,14,18H,3-5,8-13,15-16H2,1-2H3. The predicted octanol–water partition coefficient (Wildman–Crippen LogP) is 2.66. The van der Waals surface area contributed by atoms with Crippen molar-refractivity contribution >= 4 is 33.2 Å². The Balaban J connectivity index is 1.22. The zero-order valence-electron chi connectivity index (χ0n) is 18.6. The zero-order valence-corrected chi connectivity index (χ0v) is 19.4. The van der Waals surface area contributed by atoms with Gasteiger partial charge in [0, 0.05) is 74.5 Å². The van der Waals surface area contributed by atoms with Gasteiger partial charge in [-0.2, -0.15) is 0 Å². The Morgan fingerprint density at radius 3 is 2.55 bits per heavy atom. The highest BCUT2D eigenvalue weighted by Crippen LogP contribution is 2.36. The van der Waals surface area contributed by atoms with Gasteiger partial charge in [-0.25, -0.2) is 0 Å². The van der Waals surface area contributed by atoms with E-state index >= 15 is 0 Å². The normalized spacial score (nSPS) is 20.5. The number of carbonyl (C=O) groups is 2. The summed E-state index contributed by atoms with van der Waals surface area (Å²) in [6, 6.07) is 6.83. The van der Waals surface area contributed by atoms with Crippen LogP contribution in [0.15, 0.2) is 18.2 Å². The van der Waals surface area contributed by atoms with E-state index < -0.39 is 0 Å². The van der Waals surface area contributed by atoms with Crippen LogP contribution in [-0.2, 0) is 17.8 Å². The highest BCUT2D eigenvalue weighted by Gasteiger charge is 2.30. The molecule has 0 N–H and O–H groups in total. The Kier molecular flexibility index (Phi) is 5.75. The molecule has 7 heteroatoms. The molecule has 0 bridgehead atoms. The van der Waals surface area contributed by atoms with E-state index in [1.165, 1.54) is 39.8 Å². The predicted molar refractivity (Wildman–Crippen MR) is 125 cm³/mol. The van der Waals surface area contributed by atoms with Crippen molar-refractivity contribution in [1.82, 2.24) is 19.6 Å². The Labute approximate surface area is 188 Å². The maximum Gasteiger partial charge on any atom is 0.253 e. The number of hydrogen-bond acceptors (Lipinski definition) is 5. The van der Waals surface area contributed by atoms with Gasteiger partial charge in [-0.15, -0.1) is 11.3 Å². The fraction of sp³-hybridized carbons (Fsp3) is 0.583. The molecular weight excluding hydrogens is 408 g/mol. The zero-order chi connectivity index (χ0) is 21.5. The van der Waals surface area contributed by atoms with Crippen molar-refractivity contribution in [3.63, 3.8) is 0 Å². The van der Waals surface area contributed by atoms with Gasteiger partial charge in [-0.3, -0.25) is 19.4 Å². The Morgan fingerprint density at radius 1 is 1.10 bits per heavy atom. The van der Waals surface area contributed by atoms with E-state index in [1.807, 2.05) is 17.4 Å². The van der Waals surface area contributed by atoms with Gasteiger partial charge in [-0.1, -0.05) is 6.42 Å². The van der Waals surface area contributed by atoms with Crippen LogP contribution >= 0.6 is 11.3 Å². The minimum Gasteiger partial charge on any atom is -0.345 e. The van der Waals surface area contributed by atoms with Crippen LogP contribution in [0.25, 0.3) is 10.1 Å². The Morgan fingerprint density at radius 2 is 1.87 bits per heavy atom. The summed E-state index contributed by atoms with van der Waals surface area (Å²) in [4.78, 5) is 35.2. The molecule has 3 heterocycles. The van der Waals surface area contributed by atoms with Crippen LogP contribution < -0.4 is 0 Å². The highest BCUT2D eigenvalue weighted by atomic mass is 32.1. The molecule has 1 aromatic heterocycles. The van der Waals surface area contributed by atoms with Gasteiger partial charge in [0.25, 0.3) is 5.91 Å². The molecule has 3 aliphatic rings. The van der Waals surface area contributed by atoms with Crippen LogP contribution in [0.1, 0.15) is 40.1 Å². The second-order valence-electron chi connectivity index (χ2n) is 9.38. The third-order valence-electron chi connectivity index (χ3n) is 7.19. The van der Waals surface area contributed by atoms with Gasteiger partial charge in [0.1, 0.15) is 0 Å². The van der Waals surface area contributed by atoms with Crippen molar-refractivity contribution < 1.29 is 9.59 Å². The first kappa shape index (κ1) is 20.9. The molecule has 0 radical (unpaired) electrons. The molecule has 1 aliphatic carbocycles. The van der Waals surface area contributed by atoms with E-state index in [2.05, 4.69) is 26.8 Å². The number of rotatable bonds is 4. The molecule has 0 atom stereocenters. The molecule has 0 spiro atoms. The molecule has 1 saturated heterocycles. The van der Waals surface area contributed by atoms with Gasteiger partial charge in [0.05, 0.1) is 6.54 Å². The number of thiophene rings is 1. The van der Waals surface area contributed by atoms with Crippen LogP contribution in [0.3, 0.4) is 0 Å². The first-order chi connectivity index (χ1) is 15.0. The van der Waals surface area contributed by atoms with Crippen molar-refractivity contribution in [1.29, 1.82) is 0 Å². The summed E-state index contributed by atoms with van der Waals surface area (Å²) in [6.45, 7) is 6.06. The first-order valence-corrected chi connectivity index (χ1v) is 12.3. The van der Waals surface area contributed by atoms with Crippen LogP contribution in [0.2, 0.25) is 0 Å². The summed E-state index contributed by atoms with van der Waals surface area (Å²) >= 11 is 1.81. The van der Waals surface area contributed by atoms with Crippen molar-refractivity contribution in [3.05, 3.63) is 34.2 Å². The number of amides is 2. The lowest BCUT2D eigenvalue weighted by Gasteiger charge is -2.43. The van der Waals surface area contributed by atoms with Gasteiger partial charge in [0.2, 0.25) is 5.91 Å². The van der Waals surface area contributed by atoms with Crippen LogP contribution in [0, 0.1) is 0 Å². The highest BCUT2D eigenvalue weighted by molar-refractivity contribution is 7.19. The summed E-state index contributed by atoms with van der Waals surface area (Å²) in [7, 11) is 3.58. The molecule has 2 aliphatic heterocycles. The minimum absolute atomic E-state index is 0.0438. The van der Waals surface area contributed by atoms with E-state index in [9.17, 15) is 9.59 Å². The lowest BCUT2D eigenvalue weighted by Crippen LogP contribution is -2.55. The van der Waals surface area contributed by atoms with Gasteiger partial charge in [-0.05, 0) is 48.4 Å². The monoisotopic (exact) mass is 440 g/mol. The molecule has 6 nitrogen and oxygen atoms in total. The first-order valence-electron chi connectivity index (χ1n) is 11.5. The number of hydrogen-bond donors (Lipinski definition) is 0. The summed E-state index contributed by atoms with van der Waals surface area (Å²) in [5.74, 6) is 0.318. The summed E-state index contributed by atoms with van der Waals surface area (Å²) in [5, 5.41) is 1.21. The molecular formula is C24H32N4O2S.